The molecule has 3 N–H and O–H groups in total. The number of hydrogen-bond donors (Lipinski definition) is 2. The number of rotatable bonds is 5. The maximum absolute atomic E-state index is 12.5. The van der Waals surface area contributed by atoms with Crippen LogP contribution in [0.5, 0.6) is 0 Å². The molecule has 0 atom stereocenters. The monoisotopic (exact) mass is 321 g/mol. The SMILES string of the molecule is Cc1ccc(C(=O)N(CCN)Cc2ccccc2)c(=O)[nH]1.Cl. The molecule has 2 aromatic rings. The summed E-state index contributed by atoms with van der Waals surface area (Å²) in [5.41, 5.74) is 7.09. The summed E-state index contributed by atoms with van der Waals surface area (Å²) in [6, 6.07) is 12.9. The van der Waals surface area contributed by atoms with E-state index in [0.29, 0.717) is 19.6 Å². The summed E-state index contributed by atoms with van der Waals surface area (Å²) in [4.78, 5) is 28.7. The molecule has 0 aliphatic carbocycles. The largest absolute Gasteiger partial charge is 0.333 e. The topological polar surface area (TPSA) is 79.2 Å². The van der Waals surface area contributed by atoms with Crippen molar-refractivity contribution < 1.29 is 4.79 Å². The number of nitrogens with two attached hydrogens (primary N) is 1. The molecule has 0 aliphatic rings. The van der Waals surface area contributed by atoms with Crippen LogP contribution in [-0.2, 0) is 6.54 Å². The van der Waals surface area contributed by atoms with Gasteiger partial charge in [-0.25, -0.2) is 0 Å². The highest BCUT2D eigenvalue weighted by atomic mass is 35.5. The number of halogens is 1. The van der Waals surface area contributed by atoms with Crippen molar-refractivity contribution in [3.05, 3.63) is 69.6 Å². The van der Waals surface area contributed by atoms with Gasteiger partial charge < -0.3 is 15.6 Å². The molecule has 6 heteroatoms. The summed E-state index contributed by atoms with van der Waals surface area (Å²) >= 11 is 0. The second-order valence-corrected chi connectivity index (χ2v) is 4.89. The Bertz CT molecular complexity index is 671. The maximum atomic E-state index is 12.5. The maximum Gasteiger partial charge on any atom is 0.260 e. The number of H-pyrrole nitrogens is 1. The molecule has 22 heavy (non-hydrogen) atoms. The van der Waals surface area contributed by atoms with Gasteiger partial charge in [-0.05, 0) is 24.6 Å². The third-order valence-electron chi connectivity index (χ3n) is 3.19. The summed E-state index contributed by atoms with van der Waals surface area (Å²) in [5, 5.41) is 0. The zero-order chi connectivity index (χ0) is 15.2. The molecular weight excluding hydrogens is 302 g/mol. The molecule has 0 saturated carbocycles. The Morgan fingerprint density at radius 2 is 1.86 bits per heavy atom. The number of hydrogen-bond acceptors (Lipinski definition) is 3. The lowest BCUT2D eigenvalue weighted by molar-refractivity contribution is 0.0746. The zero-order valence-corrected chi connectivity index (χ0v) is 13.2. The molecule has 0 saturated heterocycles. The Labute approximate surface area is 135 Å². The fraction of sp³-hybridized carbons (Fsp3) is 0.250. The molecule has 5 nitrogen and oxygen atoms in total. The summed E-state index contributed by atoms with van der Waals surface area (Å²) < 4.78 is 0. The highest BCUT2D eigenvalue weighted by Crippen LogP contribution is 2.07. The number of pyridine rings is 1. The third kappa shape index (κ3) is 4.44. The van der Waals surface area contributed by atoms with E-state index < -0.39 is 0 Å². The van der Waals surface area contributed by atoms with Gasteiger partial charge in [-0.15, -0.1) is 12.4 Å². The van der Waals surface area contributed by atoms with Gasteiger partial charge in [-0.1, -0.05) is 30.3 Å². The van der Waals surface area contributed by atoms with Gasteiger partial charge in [0.1, 0.15) is 5.56 Å². The van der Waals surface area contributed by atoms with E-state index in [-0.39, 0.29) is 29.4 Å². The Hall–Kier alpha value is -2.11. The molecule has 0 aliphatic heterocycles. The van der Waals surface area contributed by atoms with E-state index in [2.05, 4.69) is 4.98 Å². The van der Waals surface area contributed by atoms with Gasteiger partial charge in [-0.2, -0.15) is 0 Å². The first-order valence-electron chi connectivity index (χ1n) is 6.85. The second-order valence-electron chi connectivity index (χ2n) is 4.89. The van der Waals surface area contributed by atoms with Gasteiger partial charge in [0, 0.05) is 25.3 Å². The molecule has 1 aromatic heterocycles. The van der Waals surface area contributed by atoms with Gasteiger partial charge in [-0.3, -0.25) is 9.59 Å². The number of nitrogens with one attached hydrogen (secondary N) is 1. The molecule has 0 radical (unpaired) electrons. The van der Waals surface area contributed by atoms with Gasteiger partial charge in [0.15, 0.2) is 0 Å². The highest BCUT2D eigenvalue weighted by Gasteiger charge is 2.18. The summed E-state index contributed by atoms with van der Waals surface area (Å²) in [6.07, 6.45) is 0. The van der Waals surface area contributed by atoms with E-state index in [0.717, 1.165) is 11.3 Å². The van der Waals surface area contributed by atoms with Crippen LogP contribution in [0.25, 0.3) is 0 Å². The predicted octanol–water partition coefficient (Wildman–Crippen LogP) is 1.71. The van der Waals surface area contributed by atoms with E-state index in [9.17, 15) is 9.59 Å². The average Bonchev–Trinajstić information content (AvgIpc) is 2.47. The van der Waals surface area contributed by atoms with Crippen LogP contribution in [0.15, 0.2) is 47.3 Å². The van der Waals surface area contributed by atoms with Gasteiger partial charge >= 0.3 is 0 Å². The first-order chi connectivity index (χ1) is 10.1. The minimum atomic E-state index is -0.366. The lowest BCUT2D eigenvalue weighted by Crippen LogP contribution is -2.37. The minimum Gasteiger partial charge on any atom is -0.333 e. The van der Waals surface area contributed by atoms with Crippen LogP contribution >= 0.6 is 12.4 Å². The Kier molecular flexibility index (Phi) is 6.82. The first kappa shape index (κ1) is 17.9. The molecule has 0 spiro atoms. The molecule has 1 amide bonds. The van der Waals surface area contributed by atoms with Crippen molar-refractivity contribution in [3.63, 3.8) is 0 Å². The fourth-order valence-electron chi connectivity index (χ4n) is 2.12. The quantitative estimate of drug-likeness (QED) is 0.879. The molecule has 1 aromatic carbocycles. The van der Waals surface area contributed by atoms with Crippen LogP contribution < -0.4 is 11.3 Å². The second kappa shape index (κ2) is 8.36. The van der Waals surface area contributed by atoms with E-state index >= 15 is 0 Å². The summed E-state index contributed by atoms with van der Waals surface area (Å²) in [7, 11) is 0. The van der Waals surface area contributed by atoms with Crippen LogP contribution in [-0.4, -0.2) is 28.9 Å². The van der Waals surface area contributed by atoms with Crippen LogP contribution in [0, 0.1) is 6.92 Å². The van der Waals surface area contributed by atoms with E-state index in [1.54, 1.807) is 24.0 Å². The van der Waals surface area contributed by atoms with Crippen molar-refractivity contribution in [3.8, 4) is 0 Å². The molecule has 118 valence electrons. The minimum absolute atomic E-state index is 0. The predicted molar refractivity (Wildman–Crippen MR) is 89.3 cm³/mol. The summed E-state index contributed by atoms with van der Waals surface area (Å²) in [6.45, 7) is 2.96. The van der Waals surface area contributed by atoms with E-state index in [1.165, 1.54) is 0 Å². The number of carbonyl (C=O) groups excluding carboxylic acids is 1. The normalized spacial score (nSPS) is 9.91. The number of aromatic nitrogens is 1. The molecule has 0 unspecified atom stereocenters. The number of nitrogens with zero attached hydrogens (tertiary/aromatic N) is 1. The standard InChI is InChI=1S/C16H19N3O2.ClH/c1-12-7-8-14(15(20)18-12)16(21)19(10-9-17)11-13-5-3-2-4-6-13;/h2-8H,9-11,17H2,1H3,(H,18,20);1H. The van der Waals surface area contributed by atoms with E-state index in [4.69, 9.17) is 5.73 Å². The summed E-state index contributed by atoms with van der Waals surface area (Å²) in [5.74, 6) is -0.300. The van der Waals surface area contributed by atoms with Gasteiger partial charge in [0.25, 0.3) is 11.5 Å². The van der Waals surface area contributed by atoms with Crippen molar-refractivity contribution in [2.24, 2.45) is 5.73 Å². The van der Waals surface area contributed by atoms with Crippen molar-refractivity contribution in [2.45, 2.75) is 13.5 Å². The molecular formula is C16H20ClN3O2. The Morgan fingerprint density at radius 3 is 2.45 bits per heavy atom. The number of aromatic amines is 1. The van der Waals surface area contributed by atoms with Crippen molar-refractivity contribution in [1.82, 2.24) is 9.88 Å². The molecule has 2 rings (SSSR count). The van der Waals surface area contributed by atoms with Crippen molar-refractivity contribution >= 4 is 18.3 Å². The lowest BCUT2D eigenvalue weighted by atomic mass is 10.1. The number of aryl methyl sites for hydroxylation is 1. The van der Waals surface area contributed by atoms with Crippen LogP contribution in [0.4, 0.5) is 0 Å². The van der Waals surface area contributed by atoms with Gasteiger partial charge in [0.2, 0.25) is 0 Å². The van der Waals surface area contributed by atoms with Gasteiger partial charge in [0.05, 0.1) is 0 Å². The van der Waals surface area contributed by atoms with Crippen LogP contribution in [0.1, 0.15) is 21.6 Å². The lowest BCUT2D eigenvalue weighted by Gasteiger charge is -2.22. The van der Waals surface area contributed by atoms with Crippen LogP contribution in [0.3, 0.4) is 0 Å². The van der Waals surface area contributed by atoms with Crippen molar-refractivity contribution in [2.75, 3.05) is 13.1 Å². The first-order valence-corrected chi connectivity index (χ1v) is 6.85. The molecule has 0 bridgehead atoms. The molecule has 1 heterocycles. The van der Waals surface area contributed by atoms with Crippen molar-refractivity contribution in [1.29, 1.82) is 0 Å². The van der Waals surface area contributed by atoms with Crippen LogP contribution in [0.2, 0.25) is 0 Å². The fourth-order valence-corrected chi connectivity index (χ4v) is 2.12. The Morgan fingerprint density at radius 1 is 1.18 bits per heavy atom. The number of carbonyl (C=O) groups is 1. The average molecular weight is 322 g/mol. The Balaban J connectivity index is 0.00000242. The number of amides is 1. The smallest absolute Gasteiger partial charge is 0.260 e. The highest BCUT2D eigenvalue weighted by molar-refractivity contribution is 5.93. The van der Waals surface area contributed by atoms with E-state index in [1.807, 2.05) is 30.3 Å². The molecule has 0 fully saturated rings. The number of benzene rings is 1. The zero-order valence-electron chi connectivity index (χ0n) is 12.4. The third-order valence-corrected chi connectivity index (χ3v) is 3.19.